The van der Waals surface area contributed by atoms with Gasteiger partial charge in [0.15, 0.2) is 11.5 Å². The van der Waals surface area contributed by atoms with Crippen molar-refractivity contribution in [3.05, 3.63) is 71.4 Å². The molecule has 0 spiro atoms. The van der Waals surface area contributed by atoms with Gasteiger partial charge in [-0.25, -0.2) is 0 Å². The number of benzene rings is 2. The van der Waals surface area contributed by atoms with Crippen LogP contribution < -0.4 is 18.9 Å². The molecule has 3 aromatic rings. The molecule has 0 atom stereocenters. The smallest absolute Gasteiger partial charge is 0.171 e. The largest absolute Gasteiger partial charge is 0.493 e. The van der Waals surface area contributed by atoms with Gasteiger partial charge in [0.1, 0.15) is 43.3 Å². The molecule has 0 aliphatic carbocycles. The van der Waals surface area contributed by atoms with Crippen LogP contribution in [0.3, 0.4) is 0 Å². The van der Waals surface area contributed by atoms with Crippen molar-refractivity contribution in [2.45, 2.75) is 0 Å². The van der Waals surface area contributed by atoms with Gasteiger partial charge in [-0.15, -0.1) is 11.3 Å². The van der Waals surface area contributed by atoms with E-state index < -0.39 is 5.41 Å². The Morgan fingerprint density at radius 3 is 1.65 bits per heavy atom. The van der Waals surface area contributed by atoms with Gasteiger partial charge in [0.25, 0.3) is 0 Å². The Morgan fingerprint density at radius 1 is 0.731 bits per heavy atom. The molecular formula is C21H20O4S. The highest BCUT2D eigenvalue weighted by Gasteiger charge is 2.38. The van der Waals surface area contributed by atoms with E-state index in [4.69, 9.17) is 18.9 Å². The Morgan fingerprint density at radius 2 is 1.19 bits per heavy atom. The lowest BCUT2D eigenvalue weighted by atomic mass is 9.92. The summed E-state index contributed by atoms with van der Waals surface area (Å²) < 4.78 is 24.1. The SMILES string of the molecule is c1ccc(OCC2(COc3ccccc3)COc3cscc3OC2)cc1. The summed E-state index contributed by atoms with van der Waals surface area (Å²) in [6.07, 6.45) is 0. The van der Waals surface area contributed by atoms with E-state index in [9.17, 15) is 0 Å². The normalized spacial score (nSPS) is 15.1. The molecule has 134 valence electrons. The van der Waals surface area contributed by atoms with Gasteiger partial charge in [-0.1, -0.05) is 36.4 Å². The number of hydrogen-bond acceptors (Lipinski definition) is 5. The highest BCUT2D eigenvalue weighted by Crippen LogP contribution is 2.37. The summed E-state index contributed by atoms with van der Waals surface area (Å²) in [6.45, 7) is 1.82. The number of rotatable bonds is 6. The van der Waals surface area contributed by atoms with Gasteiger partial charge < -0.3 is 18.9 Å². The van der Waals surface area contributed by atoms with Crippen LogP contribution in [0.25, 0.3) is 0 Å². The summed E-state index contributed by atoms with van der Waals surface area (Å²) in [5.74, 6) is 3.22. The van der Waals surface area contributed by atoms with Gasteiger partial charge in [0.2, 0.25) is 0 Å². The molecule has 1 aliphatic heterocycles. The monoisotopic (exact) mass is 368 g/mol. The Kier molecular flexibility index (Phi) is 4.97. The van der Waals surface area contributed by atoms with Crippen molar-refractivity contribution in [2.75, 3.05) is 26.4 Å². The average molecular weight is 368 g/mol. The van der Waals surface area contributed by atoms with Crippen molar-refractivity contribution in [2.24, 2.45) is 5.41 Å². The molecule has 1 aromatic heterocycles. The van der Waals surface area contributed by atoms with Crippen LogP contribution in [-0.2, 0) is 0 Å². The molecule has 1 aliphatic rings. The fraction of sp³-hybridized carbons (Fsp3) is 0.238. The van der Waals surface area contributed by atoms with E-state index in [0.717, 1.165) is 23.0 Å². The van der Waals surface area contributed by atoms with Gasteiger partial charge in [0, 0.05) is 10.8 Å². The minimum absolute atomic E-state index is 0.414. The second kappa shape index (κ2) is 7.70. The third kappa shape index (κ3) is 3.94. The minimum atomic E-state index is -0.414. The maximum absolute atomic E-state index is 6.03. The lowest BCUT2D eigenvalue weighted by Gasteiger charge is -2.30. The summed E-state index contributed by atoms with van der Waals surface area (Å²) >= 11 is 1.57. The van der Waals surface area contributed by atoms with Crippen LogP contribution in [0.5, 0.6) is 23.0 Å². The predicted molar refractivity (Wildman–Crippen MR) is 102 cm³/mol. The second-order valence-corrected chi connectivity index (χ2v) is 7.12. The van der Waals surface area contributed by atoms with E-state index in [0.29, 0.717) is 26.4 Å². The molecule has 0 amide bonds. The van der Waals surface area contributed by atoms with Gasteiger partial charge in [-0.05, 0) is 24.3 Å². The van der Waals surface area contributed by atoms with E-state index in [-0.39, 0.29) is 0 Å². The van der Waals surface area contributed by atoms with Crippen molar-refractivity contribution < 1.29 is 18.9 Å². The lowest BCUT2D eigenvalue weighted by molar-refractivity contribution is 0.00937. The van der Waals surface area contributed by atoms with Crippen LogP contribution >= 0.6 is 11.3 Å². The van der Waals surface area contributed by atoms with E-state index in [2.05, 4.69) is 0 Å². The van der Waals surface area contributed by atoms with Crippen LogP contribution in [0.2, 0.25) is 0 Å². The molecule has 0 unspecified atom stereocenters. The Labute approximate surface area is 156 Å². The van der Waals surface area contributed by atoms with E-state index in [1.165, 1.54) is 0 Å². The molecule has 0 N–H and O–H groups in total. The fourth-order valence-corrected chi connectivity index (χ4v) is 3.39. The maximum atomic E-state index is 6.03. The third-order valence-corrected chi connectivity index (χ3v) is 4.94. The first-order valence-electron chi connectivity index (χ1n) is 8.51. The van der Waals surface area contributed by atoms with Crippen molar-refractivity contribution in [3.8, 4) is 23.0 Å². The highest BCUT2D eigenvalue weighted by atomic mass is 32.1. The number of fused-ring (bicyclic) bond motifs is 1. The molecule has 2 aromatic carbocycles. The zero-order valence-electron chi connectivity index (χ0n) is 14.3. The first-order chi connectivity index (χ1) is 12.8. The van der Waals surface area contributed by atoms with Crippen molar-refractivity contribution in [1.29, 1.82) is 0 Å². The Hall–Kier alpha value is -2.66. The van der Waals surface area contributed by atoms with Crippen LogP contribution in [0, 0.1) is 5.41 Å². The van der Waals surface area contributed by atoms with Crippen LogP contribution in [0.4, 0.5) is 0 Å². The minimum Gasteiger partial charge on any atom is -0.493 e. The number of hydrogen-bond donors (Lipinski definition) is 0. The molecule has 4 nitrogen and oxygen atoms in total. The number of para-hydroxylation sites is 2. The van der Waals surface area contributed by atoms with Crippen molar-refractivity contribution >= 4 is 11.3 Å². The zero-order chi connectivity index (χ0) is 17.7. The standard InChI is InChI=1S/C21H20O4S/c1-3-7-17(8-4-1)22-13-21(14-23-18-9-5-2-6-10-18)15-24-19-11-26-12-20(19)25-16-21/h1-12H,13-16H2. The van der Waals surface area contributed by atoms with Crippen molar-refractivity contribution in [3.63, 3.8) is 0 Å². The molecule has 0 radical (unpaired) electrons. The molecule has 2 heterocycles. The molecule has 0 fully saturated rings. The van der Waals surface area contributed by atoms with E-state index >= 15 is 0 Å². The third-order valence-electron chi connectivity index (χ3n) is 4.24. The van der Waals surface area contributed by atoms with E-state index in [1.807, 2.05) is 71.4 Å². The molecule has 0 saturated heterocycles. The first kappa shape index (κ1) is 16.8. The van der Waals surface area contributed by atoms with Gasteiger partial charge >= 0.3 is 0 Å². The highest BCUT2D eigenvalue weighted by molar-refractivity contribution is 7.08. The van der Waals surface area contributed by atoms with Gasteiger partial charge in [0.05, 0.1) is 0 Å². The van der Waals surface area contributed by atoms with Crippen LogP contribution in [0.15, 0.2) is 71.4 Å². The molecule has 26 heavy (non-hydrogen) atoms. The molecule has 0 saturated carbocycles. The summed E-state index contributed by atoms with van der Waals surface area (Å²) in [7, 11) is 0. The van der Waals surface area contributed by atoms with Crippen molar-refractivity contribution in [1.82, 2.24) is 0 Å². The average Bonchev–Trinajstić information content (AvgIpc) is 3.09. The summed E-state index contributed by atoms with van der Waals surface area (Å²) in [6, 6.07) is 19.6. The Balaban J connectivity index is 1.49. The van der Waals surface area contributed by atoms with Gasteiger partial charge in [-0.3, -0.25) is 0 Å². The number of ether oxygens (including phenoxy) is 4. The summed E-state index contributed by atoms with van der Waals surface area (Å²) in [4.78, 5) is 0. The summed E-state index contributed by atoms with van der Waals surface area (Å²) in [5, 5.41) is 3.92. The predicted octanol–water partition coefficient (Wildman–Crippen LogP) is 4.66. The van der Waals surface area contributed by atoms with E-state index in [1.54, 1.807) is 11.3 Å². The Bertz CT molecular complexity index is 748. The molecule has 0 bridgehead atoms. The zero-order valence-corrected chi connectivity index (χ0v) is 15.1. The fourth-order valence-electron chi connectivity index (χ4n) is 2.70. The molecular weight excluding hydrogens is 348 g/mol. The quantitative estimate of drug-likeness (QED) is 0.634. The van der Waals surface area contributed by atoms with Crippen LogP contribution in [-0.4, -0.2) is 26.4 Å². The second-order valence-electron chi connectivity index (χ2n) is 6.38. The first-order valence-corrected chi connectivity index (χ1v) is 9.45. The molecule has 5 heteroatoms. The molecule has 4 rings (SSSR count). The lowest BCUT2D eigenvalue weighted by Crippen LogP contribution is -2.44. The topological polar surface area (TPSA) is 36.9 Å². The van der Waals surface area contributed by atoms with Gasteiger partial charge in [-0.2, -0.15) is 0 Å². The van der Waals surface area contributed by atoms with Crippen LogP contribution in [0.1, 0.15) is 0 Å². The maximum Gasteiger partial charge on any atom is 0.171 e. The number of thiophene rings is 1. The summed E-state index contributed by atoms with van der Waals surface area (Å²) in [5.41, 5.74) is -0.414.